The fraction of sp³-hybridized carbons (Fsp3) is 0.682. The number of hydrogen-bond donors (Lipinski definition) is 0. The second-order valence-corrected chi connectivity index (χ2v) is 8.47. The Morgan fingerprint density at radius 2 is 1.92 bits per heavy atom. The van der Waals surface area contributed by atoms with Crippen LogP contribution >= 0.6 is 0 Å². The summed E-state index contributed by atoms with van der Waals surface area (Å²) < 4.78 is 6.04. The van der Waals surface area contributed by atoms with Gasteiger partial charge in [-0.3, -0.25) is 4.79 Å². The Hall–Kier alpha value is -1.71. The summed E-state index contributed by atoms with van der Waals surface area (Å²) in [5.74, 6) is 1.61. The summed E-state index contributed by atoms with van der Waals surface area (Å²) in [6.07, 6.45) is 4.67. The van der Waals surface area contributed by atoms with Crippen LogP contribution in [0.25, 0.3) is 0 Å². The van der Waals surface area contributed by atoms with E-state index in [-0.39, 0.29) is 18.2 Å². The minimum absolute atomic E-state index is 0.0712. The molecule has 0 radical (unpaired) electrons. The Balaban J connectivity index is 1.71. The summed E-state index contributed by atoms with van der Waals surface area (Å²) in [4.78, 5) is 17.3. The third-order valence-corrected chi connectivity index (χ3v) is 6.29. The van der Waals surface area contributed by atoms with E-state index < -0.39 is 0 Å². The smallest absolute Gasteiger partial charge is 0.325 e. The van der Waals surface area contributed by atoms with E-state index in [1.165, 1.54) is 18.5 Å². The monoisotopic (exact) mass is 358 g/mol. The maximum atomic E-state index is 12.8. The van der Waals surface area contributed by atoms with Crippen LogP contribution in [0.5, 0.6) is 0 Å². The van der Waals surface area contributed by atoms with Crippen molar-refractivity contribution in [1.29, 1.82) is 0 Å². The molecule has 26 heavy (non-hydrogen) atoms. The van der Waals surface area contributed by atoms with Crippen LogP contribution in [0.2, 0.25) is 0 Å². The highest BCUT2D eigenvalue weighted by molar-refractivity contribution is 5.83. The fourth-order valence-electron chi connectivity index (χ4n) is 4.82. The number of nitrogens with zero attached hydrogens (tertiary/aromatic N) is 2. The molecule has 1 aromatic carbocycles. The number of anilines is 2. The Morgan fingerprint density at radius 1 is 1.23 bits per heavy atom. The Labute approximate surface area is 158 Å². The molecule has 4 heteroatoms. The normalized spacial score (nSPS) is 28.4. The van der Waals surface area contributed by atoms with Crippen LogP contribution in [-0.4, -0.2) is 31.8 Å². The highest BCUT2D eigenvalue weighted by atomic mass is 16.5. The average Bonchev–Trinajstić information content (AvgIpc) is 2.86. The van der Waals surface area contributed by atoms with Crippen LogP contribution in [0.4, 0.5) is 11.4 Å². The number of rotatable bonds is 5. The number of carbonyl (C=O) groups excluding carboxylic acids is 1. The first-order valence-corrected chi connectivity index (χ1v) is 10.2. The van der Waals surface area contributed by atoms with Gasteiger partial charge in [-0.2, -0.15) is 0 Å². The second kappa shape index (κ2) is 7.89. The third kappa shape index (κ3) is 3.70. The number of carbonyl (C=O) groups is 1. The molecule has 0 bridgehead atoms. The van der Waals surface area contributed by atoms with Crippen LogP contribution in [0, 0.1) is 17.8 Å². The molecular weight excluding hydrogens is 324 g/mol. The van der Waals surface area contributed by atoms with Gasteiger partial charge < -0.3 is 14.5 Å². The van der Waals surface area contributed by atoms with Crippen molar-refractivity contribution in [2.24, 2.45) is 17.8 Å². The minimum Gasteiger partial charge on any atom is -0.461 e. The quantitative estimate of drug-likeness (QED) is 0.715. The summed E-state index contributed by atoms with van der Waals surface area (Å²) >= 11 is 0. The van der Waals surface area contributed by atoms with Gasteiger partial charge in [0.1, 0.15) is 18.8 Å². The van der Waals surface area contributed by atoms with Gasteiger partial charge in [-0.25, -0.2) is 0 Å². The molecule has 1 aromatic rings. The van der Waals surface area contributed by atoms with Crippen molar-refractivity contribution in [3.63, 3.8) is 0 Å². The first-order valence-electron chi connectivity index (χ1n) is 10.2. The number of para-hydroxylation sites is 2. The number of ether oxygens (including phenoxy) is 1. The van der Waals surface area contributed by atoms with E-state index >= 15 is 0 Å². The molecule has 4 nitrogen and oxygen atoms in total. The molecular formula is C22H34N2O2. The molecule has 1 fully saturated rings. The summed E-state index contributed by atoms with van der Waals surface area (Å²) in [5, 5.41) is 0. The van der Waals surface area contributed by atoms with Gasteiger partial charge >= 0.3 is 5.97 Å². The minimum atomic E-state index is -0.0849. The third-order valence-electron chi connectivity index (χ3n) is 6.29. The van der Waals surface area contributed by atoms with E-state index in [0.717, 1.165) is 18.5 Å². The summed E-state index contributed by atoms with van der Waals surface area (Å²) in [6, 6.07) is 8.33. The highest BCUT2D eigenvalue weighted by Gasteiger charge is 2.36. The van der Waals surface area contributed by atoms with Gasteiger partial charge in [-0.1, -0.05) is 46.2 Å². The fourth-order valence-corrected chi connectivity index (χ4v) is 4.82. The Bertz CT molecular complexity index is 630. The van der Waals surface area contributed by atoms with Crippen LogP contribution in [0.15, 0.2) is 24.3 Å². The average molecular weight is 359 g/mol. The molecule has 1 unspecified atom stereocenters. The molecule has 1 aliphatic heterocycles. The summed E-state index contributed by atoms with van der Waals surface area (Å²) in [5.41, 5.74) is 2.33. The Kier molecular flexibility index (Phi) is 5.79. The lowest BCUT2D eigenvalue weighted by Crippen LogP contribution is -2.45. The van der Waals surface area contributed by atoms with E-state index in [1.54, 1.807) is 0 Å². The number of benzene rings is 1. The summed E-state index contributed by atoms with van der Waals surface area (Å²) in [6.45, 7) is 9.27. The lowest BCUT2D eigenvalue weighted by atomic mass is 9.75. The maximum Gasteiger partial charge on any atom is 0.325 e. The molecule has 4 atom stereocenters. The molecule has 0 aromatic heterocycles. The lowest BCUT2D eigenvalue weighted by Gasteiger charge is -2.37. The maximum absolute atomic E-state index is 12.8. The Morgan fingerprint density at radius 3 is 2.58 bits per heavy atom. The van der Waals surface area contributed by atoms with Gasteiger partial charge in [0.2, 0.25) is 0 Å². The highest BCUT2D eigenvalue weighted by Crippen LogP contribution is 2.40. The standard InChI is InChI=1S/C22H34N2O2/c1-6-21-23(5)18-9-7-8-10-19(18)24(21)14-22(25)26-20-13-16(4)11-12-17(20)15(2)3/h7-10,15-17,20-21H,6,11-14H2,1-5H3/t16-,17+,20-,21?/m1/s1. The number of hydrogen-bond acceptors (Lipinski definition) is 4. The molecule has 2 aliphatic rings. The van der Waals surface area contributed by atoms with Gasteiger partial charge in [0.25, 0.3) is 0 Å². The van der Waals surface area contributed by atoms with E-state index in [4.69, 9.17) is 4.74 Å². The zero-order valence-electron chi connectivity index (χ0n) is 16.9. The van der Waals surface area contributed by atoms with Crippen molar-refractivity contribution in [1.82, 2.24) is 0 Å². The molecule has 1 heterocycles. The van der Waals surface area contributed by atoms with Crippen LogP contribution in [-0.2, 0) is 9.53 Å². The van der Waals surface area contributed by atoms with Gasteiger partial charge in [0.15, 0.2) is 0 Å². The topological polar surface area (TPSA) is 32.8 Å². The van der Waals surface area contributed by atoms with Crippen molar-refractivity contribution >= 4 is 17.3 Å². The lowest BCUT2D eigenvalue weighted by molar-refractivity contribution is -0.154. The van der Waals surface area contributed by atoms with Crippen molar-refractivity contribution < 1.29 is 9.53 Å². The molecule has 0 N–H and O–H groups in total. The van der Waals surface area contributed by atoms with Crippen LogP contribution in [0.1, 0.15) is 53.4 Å². The molecule has 1 aliphatic carbocycles. The molecule has 0 amide bonds. The number of fused-ring (bicyclic) bond motifs is 1. The largest absolute Gasteiger partial charge is 0.461 e. The molecule has 144 valence electrons. The predicted octanol–water partition coefficient (Wildman–Crippen LogP) is 4.68. The van der Waals surface area contributed by atoms with Crippen LogP contribution < -0.4 is 9.80 Å². The second-order valence-electron chi connectivity index (χ2n) is 8.47. The number of esters is 1. The van der Waals surface area contributed by atoms with Crippen molar-refractivity contribution in [3.8, 4) is 0 Å². The summed E-state index contributed by atoms with van der Waals surface area (Å²) in [7, 11) is 2.11. The van der Waals surface area contributed by atoms with Crippen molar-refractivity contribution in [2.45, 2.75) is 65.6 Å². The van der Waals surface area contributed by atoms with Gasteiger partial charge in [-0.05, 0) is 49.1 Å². The van der Waals surface area contributed by atoms with E-state index in [0.29, 0.717) is 24.3 Å². The molecule has 3 rings (SSSR count). The van der Waals surface area contributed by atoms with Crippen molar-refractivity contribution in [3.05, 3.63) is 24.3 Å². The predicted molar refractivity (Wildman–Crippen MR) is 107 cm³/mol. The molecule has 0 saturated heterocycles. The SMILES string of the molecule is CCC1N(C)c2ccccc2N1CC(=O)O[C@@H]1C[C@H](C)CC[C@H]1C(C)C. The first-order chi connectivity index (χ1) is 12.4. The van der Waals surface area contributed by atoms with E-state index in [1.807, 2.05) is 6.07 Å². The first kappa shape index (κ1) is 19.1. The molecule has 0 spiro atoms. The molecule has 1 saturated carbocycles. The zero-order valence-corrected chi connectivity index (χ0v) is 16.9. The zero-order chi connectivity index (χ0) is 18.8. The van der Waals surface area contributed by atoms with E-state index in [2.05, 4.69) is 62.7 Å². The van der Waals surface area contributed by atoms with Gasteiger partial charge in [0, 0.05) is 7.05 Å². The van der Waals surface area contributed by atoms with Gasteiger partial charge in [0.05, 0.1) is 11.4 Å². The van der Waals surface area contributed by atoms with E-state index in [9.17, 15) is 4.79 Å². The van der Waals surface area contributed by atoms with Crippen LogP contribution in [0.3, 0.4) is 0 Å². The van der Waals surface area contributed by atoms with Crippen molar-refractivity contribution in [2.75, 3.05) is 23.4 Å². The van der Waals surface area contributed by atoms with Gasteiger partial charge in [-0.15, -0.1) is 0 Å².